The van der Waals surface area contributed by atoms with Crippen molar-refractivity contribution in [1.82, 2.24) is 9.88 Å². The zero-order chi connectivity index (χ0) is 32.7. The number of ketones is 1. The van der Waals surface area contributed by atoms with E-state index in [4.69, 9.17) is 18.6 Å². The molecular formula is C34H36N2O8S. The Morgan fingerprint density at radius 2 is 1.71 bits per heavy atom. The first-order valence-corrected chi connectivity index (χ1v) is 15.0. The summed E-state index contributed by atoms with van der Waals surface area (Å²) in [5.41, 5.74) is 0.709. The lowest BCUT2D eigenvalue weighted by Crippen LogP contribution is -2.39. The van der Waals surface area contributed by atoms with Gasteiger partial charge in [0.15, 0.2) is 17.3 Å². The predicted molar refractivity (Wildman–Crippen MR) is 172 cm³/mol. The summed E-state index contributed by atoms with van der Waals surface area (Å²) >= 11 is 1.09. The molecule has 11 heteroatoms. The highest BCUT2D eigenvalue weighted by Crippen LogP contribution is 2.28. The highest BCUT2D eigenvalue weighted by atomic mass is 32.1. The van der Waals surface area contributed by atoms with Crippen molar-refractivity contribution < 1.29 is 33.0 Å². The Bertz CT molecular complexity index is 1890. The minimum atomic E-state index is -0.681. The molecule has 0 saturated carbocycles. The van der Waals surface area contributed by atoms with Crippen LogP contribution in [0.5, 0.6) is 11.5 Å². The first-order chi connectivity index (χ1) is 21.4. The maximum Gasteiger partial charge on any atom is 0.338 e. The van der Waals surface area contributed by atoms with Crippen molar-refractivity contribution in [3.05, 3.63) is 91.0 Å². The zero-order valence-corrected chi connectivity index (χ0v) is 26.9. The van der Waals surface area contributed by atoms with Crippen LogP contribution in [-0.4, -0.2) is 50.1 Å². The van der Waals surface area contributed by atoms with Gasteiger partial charge in [-0.25, -0.2) is 4.79 Å². The number of amides is 1. The molecular weight excluding hydrogens is 596 g/mol. The van der Waals surface area contributed by atoms with Crippen LogP contribution < -0.4 is 29.5 Å². The van der Waals surface area contributed by atoms with E-state index < -0.39 is 16.9 Å². The van der Waals surface area contributed by atoms with Gasteiger partial charge in [0.2, 0.25) is 5.91 Å². The Morgan fingerprint density at radius 3 is 2.40 bits per heavy atom. The number of esters is 1. The maximum absolute atomic E-state index is 13.5. The molecule has 0 saturated heterocycles. The van der Waals surface area contributed by atoms with Crippen LogP contribution in [0.25, 0.3) is 23.5 Å². The molecule has 4 aromatic rings. The van der Waals surface area contributed by atoms with Gasteiger partial charge in [-0.3, -0.25) is 19.0 Å². The fourth-order valence-electron chi connectivity index (χ4n) is 4.39. The molecule has 1 amide bonds. The molecule has 45 heavy (non-hydrogen) atoms. The third-order valence-corrected chi connectivity index (χ3v) is 7.97. The van der Waals surface area contributed by atoms with Crippen LogP contribution in [0.4, 0.5) is 0 Å². The number of Topliss-reactive ketones (excluding diaryl/α,β-unsaturated/α-hetero) is 1. The molecule has 0 atom stereocenters. The van der Waals surface area contributed by atoms with Gasteiger partial charge in [-0.05, 0) is 42.3 Å². The van der Waals surface area contributed by atoms with Gasteiger partial charge in [-0.15, -0.1) is 11.3 Å². The Labute approximate surface area is 264 Å². The normalized spacial score (nSPS) is 12.2. The minimum absolute atomic E-state index is 0.183. The number of carbonyl (C=O) groups excluding carboxylic acids is 3. The monoisotopic (exact) mass is 632 g/mol. The van der Waals surface area contributed by atoms with Crippen LogP contribution in [0.2, 0.25) is 0 Å². The van der Waals surface area contributed by atoms with Crippen molar-refractivity contribution in [2.24, 2.45) is 5.41 Å². The summed E-state index contributed by atoms with van der Waals surface area (Å²) in [4.78, 5) is 51.7. The molecule has 2 aromatic carbocycles. The first kappa shape index (κ1) is 33.0. The summed E-state index contributed by atoms with van der Waals surface area (Å²) in [6.45, 7) is 5.41. The first-order valence-electron chi connectivity index (χ1n) is 14.2. The smallest absolute Gasteiger partial charge is 0.338 e. The van der Waals surface area contributed by atoms with Crippen molar-refractivity contribution in [1.29, 1.82) is 0 Å². The minimum Gasteiger partial charge on any atom is -0.493 e. The summed E-state index contributed by atoms with van der Waals surface area (Å²) in [5, 5.41) is 2.85. The molecule has 0 aliphatic heterocycles. The van der Waals surface area contributed by atoms with E-state index in [9.17, 15) is 19.2 Å². The second-order valence-corrected chi connectivity index (χ2v) is 12.2. The van der Waals surface area contributed by atoms with Gasteiger partial charge >= 0.3 is 5.97 Å². The van der Waals surface area contributed by atoms with Crippen LogP contribution in [0.1, 0.15) is 42.5 Å². The summed E-state index contributed by atoms with van der Waals surface area (Å²) in [6.07, 6.45) is 3.49. The fraction of sp³-hybridized carbons (Fsp3) is 0.294. The van der Waals surface area contributed by atoms with E-state index in [0.717, 1.165) is 16.9 Å². The maximum atomic E-state index is 13.5. The van der Waals surface area contributed by atoms with E-state index in [1.165, 1.54) is 17.8 Å². The second-order valence-electron chi connectivity index (χ2n) is 11.1. The van der Waals surface area contributed by atoms with E-state index >= 15 is 0 Å². The third-order valence-electron chi connectivity index (χ3n) is 6.91. The average molecular weight is 633 g/mol. The van der Waals surface area contributed by atoms with Gasteiger partial charge in [0.25, 0.3) is 5.56 Å². The number of thiazole rings is 1. The molecule has 0 aliphatic rings. The number of benzene rings is 2. The molecule has 1 N–H and O–H groups in total. The highest BCUT2D eigenvalue weighted by molar-refractivity contribution is 7.07. The average Bonchev–Trinajstić information content (AvgIpc) is 3.60. The van der Waals surface area contributed by atoms with Crippen molar-refractivity contribution in [2.75, 3.05) is 27.9 Å². The van der Waals surface area contributed by atoms with E-state index in [1.807, 2.05) is 12.1 Å². The third kappa shape index (κ3) is 7.98. The quantitative estimate of drug-likeness (QED) is 0.249. The number of furan rings is 1. The molecule has 0 radical (unpaired) electrons. The summed E-state index contributed by atoms with van der Waals surface area (Å²) in [6, 6.07) is 15.8. The molecule has 2 aromatic heterocycles. The van der Waals surface area contributed by atoms with E-state index in [0.29, 0.717) is 51.8 Å². The number of hydrogen-bond donors (Lipinski definition) is 1. The van der Waals surface area contributed by atoms with Crippen LogP contribution in [-0.2, 0) is 27.3 Å². The number of aromatic nitrogens is 1. The molecule has 236 valence electrons. The number of nitrogens with one attached hydrogen (secondary N) is 1. The van der Waals surface area contributed by atoms with Gasteiger partial charge in [-0.2, -0.15) is 0 Å². The topological polar surface area (TPSA) is 126 Å². The molecule has 0 unspecified atom stereocenters. The number of ether oxygens (including phenoxy) is 3. The molecule has 0 aliphatic carbocycles. The number of nitrogens with zero attached hydrogens (tertiary/aromatic N) is 1. The second kappa shape index (κ2) is 14.3. The summed E-state index contributed by atoms with van der Waals surface area (Å²) < 4.78 is 23.4. The zero-order valence-electron chi connectivity index (χ0n) is 26.1. The SMILES string of the molecule is COC(=O)c1ccccc1-c1ccc(C=c2sc(=CC(=O)C(C)(C)C)n(CC(=O)NCCc3ccc(OC)c(OC)c3)c2=O)o1. The van der Waals surface area contributed by atoms with Crippen LogP contribution in [0.15, 0.2) is 63.8 Å². The Morgan fingerprint density at radius 1 is 0.978 bits per heavy atom. The van der Waals surface area contributed by atoms with E-state index in [-0.39, 0.29) is 22.8 Å². The highest BCUT2D eigenvalue weighted by Gasteiger charge is 2.20. The van der Waals surface area contributed by atoms with Gasteiger partial charge in [0.05, 0.1) is 31.4 Å². The standard InChI is InChI=1S/C34H36N2O8S/c1-34(2,3)29(37)19-31-36(20-30(38)35-16-15-21-11-13-26(41-4)27(17-21)42-5)32(39)28(45-31)18-22-12-14-25(44-22)23-9-7-8-10-24(23)33(40)43-6/h7-14,17-19H,15-16,20H2,1-6H3,(H,35,38). The Kier molecular flexibility index (Phi) is 10.5. The van der Waals surface area contributed by atoms with Gasteiger partial charge in [0, 0.05) is 29.7 Å². The van der Waals surface area contributed by atoms with Crippen LogP contribution >= 0.6 is 11.3 Å². The Balaban J connectivity index is 1.61. The van der Waals surface area contributed by atoms with Gasteiger partial charge in [-0.1, -0.05) is 45.0 Å². The molecule has 0 fully saturated rings. The summed E-state index contributed by atoms with van der Waals surface area (Å²) in [5.74, 6) is 0.928. The number of carbonyl (C=O) groups is 3. The van der Waals surface area contributed by atoms with Crippen molar-refractivity contribution in [3.8, 4) is 22.8 Å². The Hall–Kier alpha value is -4.90. The van der Waals surface area contributed by atoms with Crippen LogP contribution in [0, 0.1) is 5.41 Å². The molecule has 0 bridgehead atoms. The lowest BCUT2D eigenvalue weighted by atomic mass is 9.91. The van der Waals surface area contributed by atoms with E-state index in [2.05, 4.69) is 5.32 Å². The number of methoxy groups -OCH3 is 3. The molecule has 10 nitrogen and oxygen atoms in total. The molecule has 2 heterocycles. The summed E-state index contributed by atoms with van der Waals surface area (Å²) in [7, 11) is 4.42. The largest absolute Gasteiger partial charge is 0.493 e. The number of hydrogen-bond acceptors (Lipinski definition) is 9. The number of rotatable bonds is 11. The van der Waals surface area contributed by atoms with Crippen molar-refractivity contribution in [3.63, 3.8) is 0 Å². The lowest BCUT2D eigenvalue weighted by Gasteiger charge is -2.13. The van der Waals surface area contributed by atoms with E-state index in [1.54, 1.807) is 83.5 Å². The molecule has 0 spiro atoms. The van der Waals surface area contributed by atoms with Gasteiger partial charge < -0.3 is 23.9 Å². The van der Waals surface area contributed by atoms with Crippen molar-refractivity contribution >= 4 is 41.1 Å². The predicted octanol–water partition coefficient (Wildman–Crippen LogP) is 3.56. The fourth-order valence-corrected chi connectivity index (χ4v) is 5.42. The van der Waals surface area contributed by atoms with Crippen LogP contribution in [0.3, 0.4) is 0 Å². The van der Waals surface area contributed by atoms with Gasteiger partial charge in [0.1, 0.15) is 22.7 Å². The van der Waals surface area contributed by atoms with Crippen molar-refractivity contribution in [2.45, 2.75) is 33.7 Å². The lowest BCUT2D eigenvalue weighted by molar-refractivity contribution is -0.122. The molecule has 4 rings (SSSR count).